The predicted octanol–water partition coefficient (Wildman–Crippen LogP) is 1.07. The average Bonchev–Trinajstić information content (AvgIpc) is 2.66. The van der Waals surface area contributed by atoms with Gasteiger partial charge in [0.2, 0.25) is 15.9 Å². The lowest BCUT2D eigenvalue weighted by molar-refractivity contribution is -0.123. The Hall–Kier alpha value is -1.93. The number of nitrogens with zero attached hydrogens (tertiary/aromatic N) is 2. The van der Waals surface area contributed by atoms with Crippen LogP contribution in [-0.2, 0) is 14.8 Å². The minimum atomic E-state index is -3.72. The smallest absolute Gasteiger partial charge is 0.251 e. The summed E-state index contributed by atoms with van der Waals surface area (Å²) in [5, 5.41) is 2.80. The molecule has 2 rings (SSSR count). The second-order valence-electron chi connectivity index (χ2n) is 7.17. The van der Waals surface area contributed by atoms with Gasteiger partial charge in [-0.05, 0) is 59.1 Å². The van der Waals surface area contributed by atoms with Crippen LogP contribution in [0.2, 0.25) is 0 Å². The van der Waals surface area contributed by atoms with E-state index in [1.54, 1.807) is 26.0 Å². The highest BCUT2D eigenvalue weighted by atomic mass is 32.2. The number of hydrogen-bond donors (Lipinski definition) is 1. The number of anilines is 1. The molecule has 0 radical (unpaired) electrons. The van der Waals surface area contributed by atoms with Gasteiger partial charge in [-0.25, -0.2) is 12.7 Å². The van der Waals surface area contributed by atoms with Gasteiger partial charge < -0.3 is 10.2 Å². The summed E-state index contributed by atoms with van der Waals surface area (Å²) in [6.07, 6.45) is 0.811. The Morgan fingerprint density at radius 3 is 2.56 bits per heavy atom. The third-order valence-electron chi connectivity index (χ3n) is 4.00. The van der Waals surface area contributed by atoms with Crippen LogP contribution in [0.25, 0.3) is 0 Å². The molecule has 0 saturated carbocycles. The standard InChI is InChI=1S/C17H25N3O4S/c1-17(2)12-25(23,24)20(16(17)22)14-8-5-7-13(11-14)15(21)18-9-6-10-19(3)4/h5,7-8,11H,6,9-10,12H2,1-4H3,(H,18,21). The summed E-state index contributed by atoms with van der Waals surface area (Å²) in [4.78, 5) is 26.7. The Bertz CT molecular complexity index is 772. The van der Waals surface area contributed by atoms with Crippen molar-refractivity contribution in [3.8, 4) is 0 Å². The van der Waals surface area contributed by atoms with Gasteiger partial charge in [-0.15, -0.1) is 0 Å². The monoisotopic (exact) mass is 367 g/mol. The highest BCUT2D eigenvalue weighted by Gasteiger charge is 2.49. The molecule has 0 aliphatic carbocycles. The minimum Gasteiger partial charge on any atom is -0.352 e. The van der Waals surface area contributed by atoms with Gasteiger partial charge in [0.05, 0.1) is 16.9 Å². The first-order valence-electron chi connectivity index (χ1n) is 8.15. The molecule has 0 spiro atoms. The lowest BCUT2D eigenvalue weighted by Gasteiger charge is -2.18. The second-order valence-corrected chi connectivity index (χ2v) is 8.99. The van der Waals surface area contributed by atoms with E-state index in [-0.39, 0.29) is 17.3 Å². The molecule has 1 fully saturated rings. The SMILES string of the molecule is CN(C)CCCNC(=O)c1cccc(N2C(=O)C(C)(C)CS2(=O)=O)c1. The lowest BCUT2D eigenvalue weighted by atomic mass is 9.95. The molecule has 1 aromatic carbocycles. The molecule has 2 amide bonds. The predicted molar refractivity (Wildman–Crippen MR) is 97.0 cm³/mol. The van der Waals surface area contributed by atoms with Gasteiger partial charge in [0.15, 0.2) is 0 Å². The van der Waals surface area contributed by atoms with E-state index in [2.05, 4.69) is 5.32 Å². The van der Waals surface area contributed by atoms with Gasteiger partial charge >= 0.3 is 0 Å². The quantitative estimate of drug-likeness (QED) is 0.760. The normalized spacial score (nSPS) is 18.6. The number of sulfonamides is 1. The van der Waals surface area contributed by atoms with Crippen LogP contribution in [-0.4, -0.2) is 58.1 Å². The molecule has 8 heteroatoms. The number of hydrogen-bond acceptors (Lipinski definition) is 5. The van der Waals surface area contributed by atoms with Crippen LogP contribution in [0.4, 0.5) is 5.69 Å². The molecule has 1 aliphatic heterocycles. The third-order valence-corrected chi connectivity index (χ3v) is 6.01. The number of carbonyl (C=O) groups excluding carboxylic acids is 2. The molecule has 1 aliphatic rings. The van der Waals surface area contributed by atoms with E-state index < -0.39 is 21.3 Å². The van der Waals surface area contributed by atoms with Crippen molar-refractivity contribution in [1.82, 2.24) is 10.2 Å². The van der Waals surface area contributed by atoms with Crippen molar-refractivity contribution < 1.29 is 18.0 Å². The van der Waals surface area contributed by atoms with Crippen LogP contribution < -0.4 is 9.62 Å². The Balaban J connectivity index is 2.16. The Morgan fingerprint density at radius 1 is 1.32 bits per heavy atom. The van der Waals surface area contributed by atoms with E-state index in [1.807, 2.05) is 19.0 Å². The Kier molecular flexibility index (Phi) is 5.53. The Labute approximate surface area is 149 Å². The second kappa shape index (κ2) is 7.13. The zero-order chi connectivity index (χ0) is 18.8. The lowest BCUT2D eigenvalue weighted by Crippen LogP contribution is -2.33. The van der Waals surface area contributed by atoms with Gasteiger partial charge in [-0.1, -0.05) is 6.07 Å². The van der Waals surface area contributed by atoms with Crippen molar-refractivity contribution in [2.45, 2.75) is 20.3 Å². The van der Waals surface area contributed by atoms with E-state index in [9.17, 15) is 18.0 Å². The fourth-order valence-electron chi connectivity index (χ4n) is 2.73. The molecule has 7 nitrogen and oxygen atoms in total. The van der Waals surface area contributed by atoms with Crippen molar-refractivity contribution in [3.05, 3.63) is 29.8 Å². The molecule has 25 heavy (non-hydrogen) atoms. The largest absolute Gasteiger partial charge is 0.352 e. The van der Waals surface area contributed by atoms with Gasteiger partial charge in [-0.2, -0.15) is 0 Å². The Morgan fingerprint density at radius 2 is 2.00 bits per heavy atom. The summed E-state index contributed by atoms with van der Waals surface area (Å²) in [6.45, 7) is 4.59. The zero-order valence-corrected chi connectivity index (χ0v) is 15.9. The number of carbonyl (C=O) groups is 2. The first kappa shape index (κ1) is 19.4. The van der Waals surface area contributed by atoms with Crippen molar-refractivity contribution in [3.63, 3.8) is 0 Å². The summed E-state index contributed by atoms with van der Waals surface area (Å²) < 4.78 is 25.5. The fourth-order valence-corrected chi connectivity index (χ4v) is 4.83. The topological polar surface area (TPSA) is 86.8 Å². The maximum Gasteiger partial charge on any atom is 0.251 e. The van der Waals surface area contributed by atoms with Crippen molar-refractivity contribution in [1.29, 1.82) is 0 Å². The van der Waals surface area contributed by atoms with E-state index in [1.165, 1.54) is 12.1 Å². The fraction of sp³-hybridized carbons (Fsp3) is 0.529. The maximum absolute atomic E-state index is 12.4. The van der Waals surface area contributed by atoms with Crippen LogP contribution in [0.3, 0.4) is 0 Å². The van der Waals surface area contributed by atoms with E-state index in [0.717, 1.165) is 17.3 Å². The van der Waals surface area contributed by atoms with Crippen LogP contribution in [0.5, 0.6) is 0 Å². The first-order chi connectivity index (χ1) is 11.5. The molecular weight excluding hydrogens is 342 g/mol. The minimum absolute atomic E-state index is 0.205. The number of amides is 2. The summed E-state index contributed by atoms with van der Waals surface area (Å²) in [6, 6.07) is 6.15. The van der Waals surface area contributed by atoms with Gasteiger partial charge in [0.25, 0.3) is 5.91 Å². The van der Waals surface area contributed by atoms with Crippen LogP contribution >= 0.6 is 0 Å². The molecule has 0 atom stereocenters. The van der Waals surface area contributed by atoms with Crippen LogP contribution in [0.15, 0.2) is 24.3 Å². The first-order valence-corrected chi connectivity index (χ1v) is 9.76. The average molecular weight is 367 g/mol. The molecule has 1 saturated heterocycles. The van der Waals surface area contributed by atoms with Crippen molar-refractivity contribution >= 4 is 27.5 Å². The van der Waals surface area contributed by atoms with E-state index in [0.29, 0.717) is 12.1 Å². The van der Waals surface area contributed by atoms with Crippen LogP contribution in [0.1, 0.15) is 30.6 Å². The third kappa shape index (κ3) is 4.38. The molecular formula is C17H25N3O4S. The van der Waals surface area contributed by atoms with E-state index in [4.69, 9.17) is 0 Å². The number of rotatable bonds is 6. The zero-order valence-electron chi connectivity index (χ0n) is 15.1. The summed E-state index contributed by atoms with van der Waals surface area (Å²) >= 11 is 0. The number of nitrogens with one attached hydrogen (secondary N) is 1. The summed E-state index contributed by atoms with van der Waals surface area (Å²) in [5.74, 6) is -1.00. The van der Waals surface area contributed by atoms with Crippen molar-refractivity contribution in [2.75, 3.05) is 37.2 Å². The number of benzene rings is 1. The summed E-state index contributed by atoms with van der Waals surface area (Å²) in [5.41, 5.74) is -0.435. The molecule has 0 bridgehead atoms. The van der Waals surface area contributed by atoms with Crippen molar-refractivity contribution in [2.24, 2.45) is 5.41 Å². The molecule has 1 N–H and O–H groups in total. The molecule has 0 aromatic heterocycles. The molecule has 1 heterocycles. The maximum atomic E-state index is 12.4. The van der Waals surface area contributed by atoms with Gasteiger partial charge in [-0.3, -0.25) is 9.59 Å². The molecule has 138 valence electrons. The molecule has 1 aromatic rings. The molecule has 0 unspecified atom stereocenters. The highest BCUT2D eigenvalue weighted by molar-refractivity contribution is 7.94. The van der Waals surface area contributed by atoms with Gasteiger partial charge in [0, 0.05) is 12.1 Å². The van der Waals surface area contributed by atoms with Gasteiger partial charge in [0.1, 0.15) is 0 Å². The van der Waals surface area contributed by atoms with E-state index >= 15 is 0 Å². The van der Waals surface area contributed by atoms with Crippen LogP contribution in [0, 0.1) is 5.41 Å². The summed E-state index contributed by atoms with van der Waals surface area (Å²) in [7, 11) is 0.194. The highest BCUT2D eigenvalue weighted by Crippen LogP contribution is 2.35.